The van der Waals surface area contributed by atoms with Crippen molar-refractivity contribution in [2.75, 3.05) is 39.4 Å². The molecule has 2 heterocycles. The van der Waals surface area contributed by atoms with Crippen LogP contribution in [0.25, 0.3) is 10.9 Å². The molecule has 2 aromatic carbocycles. The number of hydrogen-bond acceptors (Lipinski definition) is 26. The number of aromatic nitrogens is 1. The van der Waals surface area contributed by atoms with Crippen LogP contribution in [0, 0.1) is 5.92 Å². The molecule has 1 aliphatic heterocycles. The zero-order valence-electron chi connectivity index (χ0n) is 65.3. The van der Waals surface area contributed by atoms with E-state index >= 15 is 0 Å². The lowest BCUT2D eigenvalue weighted by molar-refractivity contribution is -0.136. The van der Waals surface area contributed by atoms with Crippen LogP contribution in [-0.2, 0) is 75.2 Å². The summed E-state index contributed by atoms with van der Waals surface area (Å²) >= 11 is 0. The van der Waals surface area contributed by atoms with Crippen molar-refractivity contribution in [3.63, 3.8) is 0 Å². The number of carbonyl (C=O) groups excluding carboxylic acids is 13. The number of benzene rings is 2. The predicted molar refractivity (Wildman–Crippen MR) is 416 cm³/mol. The van der Waals surface area contributed by atoms with Gasteiger partial charge in [-0.25, -0.2) is 21.7 Å². The van der Waals surface area contributed by atoms with Crippen molar-refractivity contribution in [2.24, 2.45) is 23.1 Å². The van der Waals surface area contributed by atoms with Crippen molar-refractivity contribution in [3.8, 4) is 5.75 Å². The van der Waals surface area contributed by atoms with E-state index < -0.39 is 155 Å². The van der Waals surface area contributed by atoms with Crippen LogP contribution in [0.2, 0.25) is 0 Å². The second-order valence-corrected chi connectivity index (χ2v) is 29.9. The second kappa shape index (κ2) is 48.1. The molecular weight excluding hydrogens is 1380 g/mol. The lowest BCUT2D eigenvalue weighted by atomic mass is 9.86. The largest absolute Gasteiger partial charge is 0.508 e. The SMILES string of the molecule is CCCC[C@H](NCN[C@@H](C)C(=O)CCN[C@@H](C)C(=O)CC(=O)[C@]1(C)CCC/C=C/CCCCCC[C@@](C)(N)C(=O)CC(=O)[C@H](C)NCC(=O)[C@H](Cc2ccc(O)cc2)NN[C@@H](Cc2c[nH]c3ccccc23)C(=O)CC(=O)[C@H](C)NCC(=O)[C@H](CCC(N)=O)NN[C@@H](CC(C)C)C(=O)N1)C(=O)CN[C@@H](C)C(=O)CN. The Hall–Kier alpha value is -7.65. The van der Waals surface area contributed by atoms with E-state index in [4.69, 9.17) is 17.2 Å². The number of ketones is 11. The molecule has 0 aliphatic carbocycles. The molecule has 2 amide bonds. The number of phenols is 1. The number of amides is 2. The van der Waals surface area contributed by atoms with Crippen molar-refractivity contribution in [2.45, 2.75) is 276 Å². The average Bonchev–Trinajstić information content (AvgIpc) is 1.62. The van der Waals surface area contributed by atoms with Crippen LogP contribution in [0.5, 0.6) is 5.75 Å². The van der Waals surface area contributed by atoms with Gasteiger partial charge in [0.1, 0.15) is 11.8 Å². The third-order valence-electron chi connectivity index (χ3n) is 20.1. The summed E-state index contributed by atoms with van der Waals surface area (Å²) in [4.78, 5) is 181. The lowest BCUT2D eigenvalue weighted by Gasteiger charge is -2.33. The maximum atomic E-state index is 14.7. The Balaban J connectivity index is 1.57. The molecule has 0 unspecified atom stereocenters. The topological polar surface area (TPSA) is 468 Å². The number of Topliss-reactive ketones (excluding diaryl/α,β-unsaturated/α-hetero) is 11. The van der Waals surface area contributed by atoms with Gasteiger partial charge in [-0.05, 0) is 154 Å². The van der Waals surface area contributed by atoms with Gasteiger partial charge >= 0.3 is 0 Å². The smallest absolute Gasteiger partial charge is 0.239 e. The number of para-hydroxylation sites is 1. The molecule has 600 valence electrons. The number of aromatic hydroxyl groups is 1. The maximum absolute atomic E-state index is 14.7. The van der Waals surface area contributed by atoms with Gasteiger partial charge in [0.05, 0.1) is 111 Å². The first-order valence-corrected chi connectivity index (χ1v) is 38.5. The standard InChI is InChI=1S/C79H125N15O14/c1-11-12-25-60(71(102)45-86-54(8)70(101)43-80)89-48-88-50(4)65(96)33-36-83-51(5)68(99)42-75(106)79(10)35-23-19-17-15-13-14-16-18-22-34-78(9,82)74(105)41-67(98)53(7)85-47-73(104)62(38-55-27-29-57(95)30-28-55)92-93-63(39-56-44-87-59-26-21-20-24-58(56)59)69(100)40-66(97)52(6)84-46-72(103)61(31-32-76(81)107)91-94-64(37-49(2)3)77(108)90-79/h15,17,20-21,24,26-30,44,49-54,60-64,83-89,91-95H,11-14,16,18-19,22-23,25,31-43,45-48,80,82H2,1-10H3,(H2,81,107)(H,90,108)/b17-15+/t50-,51-,52-,53-,54-,60-,61-,62-,63-,64-,78+,79-/m0/s1. The fraction of sp³-hybridized carbons (Fsp3) is 0.633. The van der Waals surface area contributed by atoms with Crippen LogP contribution >= 0.6 is 0 Å². The van der Waals surface area contributed by atoms with Crippen LogP contribution in [0.1, 0.15) is 202 Å². The van der Waals surface area contributed by atoms with Gasteiger partial charge in [-0.1, -0.05) is 95.4 Å². The van der Waals surface area contributed by atoms with Crippen molar-refractivity contribution in [1.82, 2.24) is 63.9 Å². The Kier molecular flexibility index (Phi) is 41.3. The van der Waals surface area contributed by atoms with Crippen molar-refractivity contribution in [1.29, 1.82) is 0 Å². The van der Waals surface area contributed by atoms with E-state index in [9.17, 15) is 67.4 Å². The van der Waals surface area contributed by atoms with Crippen LogP contribution in [-0.4, -0.2) is 196 Å². The number of hydrazine groups is 2. The molecule has 0 radical (unpaired) electrons. The molecule has 3 aromatic rings. The van der Waals surface area contributed by atoms with E-state index in [0.29, 0.717) is 37.7 Å². The fourth-order valence-electron chi connectivity index (χ4n) is 12.4. The molecule has 19 N–H and O–H groups in total. The Morgan fingerprint density at radius 2 is 1.22 bits per heavy atom. The predicted octanol–water partition coefficient (Wildman–Crippen LogP) is 3.08. The summed E-state index contributed by atoms with van der Waals surface area (Å²) in [5, 5.41) is 32.1. The monoisotopic (exact) mass is 1510 g/mol. The van der Waals surface area contributed by atoms with Crippen molar-refractivity contribution < 1.29 is 67.4 Å². The zero-order chi connectivity index (χ0) is 80.1. The number of rotatable bonds is 31. The molecule has 1 aromatic heterocycles. The Morgan fingerprint density at radius 3 is 1.87 bits per heavy atom. The van der Waals surface area contributed by atoms with Crippen LogP contribution in [0.4, 0.5) is 0 Å². The number of fused-ring (bicyclic) bond motifs is 1. The summed E-state index contributed by atoms with van der Waals surface area (Å²) in [6, 6.07) is 4.61. The third kappa shape index (κ3) is 33.3. The minimum Gasteiger partial charge on any atom is -0.508 e. The van der Waals surface area contributed by atoms with E-state index in [1.807, 2.05) is 57.2 Å². The van der Waals surface area contributed by atoms with Gasteiger partial charge in [0.25, 0.3) is 0 Å². The van der Waals surface area contributed by atoms with Crippen LogP contribution in [0.3, 0.4) is 0 Å². The summed E-state index contributed by atoms with van der Waals surface area (Å²) in [6.07, 6.45) is 11.4. The van der Waals surface area contributed by atoms with Gasteiger partial charge in [-0.3, -0.25) is 73.0 Å². The number of unbranched alkanes of at least 4 members (excludes halogenated alkanes) is 1. The highest BCUT2D eigenvalue weighted by Crippen LogP contribution is 2.24. The second-order valence-electron chi connectivity index (χ2n) is 29.9. The molecule has 12 atom stereocenters. The first kappa shape index (κ1) is 92.7. The number of allylic oxidation sites excluding steroid dienone is 2. The third-order valence-corrected chi connectivity index (χ3v) is 20.1. The van der Waals surface area contributed by atoms with Gasteiger partial charge in [0, 0.05) is 43.2 Å². The van der Waals surface area contributed by atoms with E-state index in [-0.39, 0.29) is 107 Å². The quantitative estimate of drug-likeness (QED) is 0.0250. The molecule has 108 heavy (non-hydrogen) atoms. The van der Waals surface area contributed by atoms with E-state index in [1.165, 1.54) is 19.1 Å². The molecule has 4 rings (SSSR count). The van der Waals surface area contributed by atoms with Crippen molar-refractivity contribution >= 4 is 86.3 Å². The van der Waals surface area contributed by atoms with Gasteiger partial charge in [-0.2, -0.15) is 0 Å². The number of aromatic amines is 1. The number of nitrogens with two attached hydrogens (primary N) is 3. The van der Waals surface area contributed by atoms with Crippen LogP contribution in [0.15, 0.2) is 66.9 Å². The van der Waals surface area contributed by atoms with Gasteiger partial charge in [-0.15, -0.1) is 0 Å². The van der Waals surface area contributed by atoms with Crippen molar-refractivity contribution in [3.05, 3.63) is 78.0 Å². The number of hydrogen-bond donors (Lipinski definition) is 16. The molecule has 29 heteroatoms. The first-order valence-electron chi connectivity index (χ1n) is 38.5. The van der Waals surface area contributed by atoms with Gasteiger partial charge in [0.15, 0.2) is 63.6 Å². The van der Waals surface area contributed by atoms with Gasteiger partial charge < -0.3 is 53.9 Å². The number of primary amides is 1. The molecule has 0 bridgehead atoms. The summed E-state index contributed by atoms with van der Waals surface area (Å²) in [5.41, 5.74) is 28.9. The molecule has 0 fully saturated rings. The summed E-state index contributed by atoms with van der Waals surface area (Å²) < 4.78 is 0. The highest BCUT2D eigenvalue weighted by atomic mass is 16.3. The van der Waals surface area contributed by atoms with E-state index in [0.717, 1.165) is 55.0 Å². The molecule has 0 spiro atoms. The minimum absolute atomic E-state index is 0.00112. The normalized spacial score (nSPS) is 24.3. The first-order chi connectivity index (χ1) is 51.2. The molecule has 29 nitrogen and oxygen atoms in total. The maximum Gasteiger partial charge on any atom is 0.239 e. The summed E-state index contributed by atoms with van der Waals surface area (Å²) in [6.45, 7) is 16.2. The fourth-order valence-corrected chi connectivity index (χ4v) is 12.4. The van der Waals surface area contributed by atoms with E-state index in [2.05, 4.69) is 63.9 Å². The number of carbonyl (C=O) groups is 13. The number of nitrogens with one attached hydrogen (secondary N) is 12. The Bertz CT molecular complexity index is 3490. The summed E-state index contributed by atoms with van der Waals surface area (Å²) in [7, 11) is 0. The lowest BCUT2D eigenvalue weighted by Crippen LogP contribution is -2.61. The van der Waals surface area contributed by atoms with E-state index in [1.54, 1.807) is 59.9 Å². The average molecular weight is 1510 g/mol. The Morgan fingerprint density at radius 1 is 0.630 bits per heavy atom. The Labute approximate surface area is 636 Å². The number of phenolic OH excluding ortho intramolecular Hbond substituents is 1. The summed E-state index contributed by atoms with van der Waals surface area (Å²) in [5.74, 6) is -6.02. The zero-order valence-corrected chi connectivity index (χ0v) is 65.3. The molecule has 1 aliphatic rings. The van der Waals surface area contributed by atoms with Crippen LogP contribution < -0.4 is 76.1 Å². The minimum atomic E-state index is -1.59. The number of H-pyrrole nitrogens is 1. The highest BCUT2D eigenvalue weighted by Gasteiger charge is 2.39. The highest BCUT2D eigenvalue weighted by molar-refractivity contribution is 6.07. The molecule has 0 saturated carbocycles. The molecule has 0 saturated heterocycles. The molecular formula is C79H125N15O14. The van der Waals surface area contributed by atoms with Gasteiger partial charge in [0.2, 0.25) is 11.8 Å².